The molecule has 1 aromatic carbocycles. The number of sulfonamides is 1. The summed E-state index contributed by atoms with van der Waals surface area (Å²) in [6, 6.07) is 4.55. The number of hydrogen-bond acceptors (Lipinski definition) is 3. The van der Waals surface area contributed by atoms with Crippen molar-refractivity contribution in [2.24, 2.45) is 5.14 Å². The first-order chi connectivity index (χ1) is 7.39. The number of hydrogen-bond donors (Lipinski definition) is 1. The second-order valence-electron chi connectivity index (χ2n) is 3.14. The van der Waals surface area contributed by atoms with Gasteiger partial charge in [0.15, 0.2) is 0 Å². The smallest absolute Gasteiger partial charge is 0.238 e. The highest BCUT2D eigenvalue weighted by atomic mass is 127. The third kappa shape index (κ3) is 2.15. The van der Waals surface area contributed by atoms with Gasteiger partial charge in [-0.1, -0.05) is 11.6 Å². The monoisotopic (exact) mass is 368 g/mol. The maximum absolute atomic E-state index is 11.4. The lowest BCUT2D eigenvalue weighted by Gasteiger charge is -2.05. The van der Waals surface area contributed by atoms with Gasteiger partial charge in [-0.25, -0.2) is 13.6 Å². The largest absolute Gasteiger partial charge is 0.254 e. The first-order valence-corrected chi connectivity index (χ1v) is 7.16. The van der Waals surface area contributed by atoms with E-state index in [4.69, 9.17) is 16.7 Å². The summed E-state index contributed by atoms with van der Waals surface area (Å²) in [5.41, 5.74) is 0.439. The molecule has 0 atom stereocenters. The number of nitrogens with zero attached hydrogens (tertiary/aromatic N) is 1. The van der Waals surface area contributed by atoms with Crippen LogP contribution in [0.4, 0.5) is 0 Å². The van der Waals surface area contributed by atoms with Crippen LogP contribution < -0.4 is 5.14 Å². The molecular weight excluding hydrogens is 363 g/mol. The number of pyridine rings is 1. The number of primary sulfonamides is 1. The molecule has 0 amide bonds. The molecule has 0 aliphatic carbocycles. The molecule has 2 N–H and O–H groups in total. The van der Waals surface area contributed by atoms with Gasteiger partial charge in [-0.05, 0) is 40.8 Å². The number of aromatic nitrogens is 1. The van der Waals surface area contributed by atoms with Crippen molar-refractivity contribution < 1.29 is 8.42 Å². The topological polar surface area (TPSA) is 73.1 Å². The SMILES string of the molecule is NS(=O)(=O)c1ccc(Cl)c2ncc(I)cc12. The number of nitrogens with two attached hydrogens (primary N) is 1. The molecule has 0 unspecified atom stereocenters. The van der Waals surface area contributed by atoms with Gasteiger partial charge in [0.1, 0.15) is 0 Å². The minimum atomic E-state index is -3.76. The van der Waals surface area contributed by atoms with Crippen molar-refractivity contribution in [1.29, 1.82) is 0 Å². The lowest BCUT2D eigenvalue weighted by Crippen LogP contribution is -2.12. The fraction of sp³-hybridized carbons (Fsp3) is 0. The van der Waals surface area contributed by atoms with Crippen LogP contribution in [0.3, 0.4) is 0 Å². The Morgan fingerprint density at radius 1 is 1.38 bits per heavy atom. The molecule has 1 heterocycles. The van der Waals surface area contributed by atoms with E-state index in [1.165, 1.54) is 12.1 Å². The number of rotatable bonds is 1. The van der Waals surface area contributed by atoms with Crippen LogP contribution in [0.5, 0.6) is 0 Å². The van der Waals surface area contributed by atoms with E-state index < -0.39 is 10.0 Å². The normalized spacial score (nSPS) is 11.9. The van der Waals surface area contributed by atoms with Gasteiger partial charge in [0.05, 0.1) is 15.4 Å². The van der Waals surface area contributed by atoms with E-state index in [1.54, 1.807) is 12.3 Å². The van der Waals surface area contributed by atoms with Crippen LogP contribution in [0, 0.1) is 3.57 Å². The molecule has 0 spiro atoms. The zero-order valence-corrected chi connectivity index (χ0v) is 11.5. The van der Waals surface area contributed by atoms with Crippen LogP contribution in [0.25, 0.3) is 10.9 Å². The first-order valence-electron chi connectivity index (χ1n) is 4.16. The van der Waals surface area contributed by atoms with Crippen LogP contribution in [0.15, 0.2) is 29.3 Å². The van der Waals surface area contributed by atoms with E-state index in [2.05, 4.69) is 4.98 Å². The zero-order valence-electron chi connectivity index (χ0n) is 7.81. The highest BCUT2D eigenvalue weighted by Gasteiger charge is 2.14. The van der Waals surface area contributed by atoms with Crippen molar-refractivity contribution in [2.45, 2.75) is 4.90 Å². The molecule has 4 nitrogen and oxygen atoms in total. The van der Waals surface area contributed by atoms with Crippen LogP contribution in [0.1, 0.15) is 0 Å². The molecule has 7 heteroatoms. The van der Waals surface area contributed by atoms with E-state index >= 15 is 0 Å². The number of fused-ring (bicyclic) bond motifs is 1. The summed E-state index contributed by atoms with van der Waals surface area (Å²) < 4.78 is 23.6. The van der Waals surface area contributed by atoms with Crippen LogP contribution in [-0.4, -0.2) is 13.4 Å². The molecule has 0 saturated carbocycles. The van der Waals surface area contributed by atoms with Crippen molar-refractivity contribution >= 4 is 55.1 Å². The molecule has 0 fully saturated rings. The van der Waals surface area contributed by atoms with Crippen LogP contribution >= 0.6 is 34.2 Å². The second kappa shape index (κ2) is 4.10. The summed E-state index contributed by atoms with van der Waals surface area (Å²) in [7, 11) is -3.76. The number of halogens is 2. The lowest BCUT2D eigenvalue weighted by molar-refractivity contribution is 0.598. The first kappa shape index (κ1) is 12.0. The van der Waals surface area contributed by atoms with Gasteiger partial charge in [0.2, 0.25) is 10.0 Å². The van der Waals surface area contributed by atoms with Gasteiger partial charge < -0.3 is 0 Å². The lowest BCUT2D eigenvalue weighted by atomic mass is 10.2. The minimum absolute atomic E-state index is 0.0397. The Morgan fingerprint density at radius 2 is 2.06 bits per heavy atom. The van der Waals surface area contributed by atoms with Crippen LogP contribution in [0.2, 0.25) is 5.02 Å². The molecule has 2 rings (SSSR count). The summed E-state index contributed by atoms with van der Waals surface area (Å²) in [5.74, 6) is 0. The molecule has 0 radical (unpaired) electrons. The van der Waals surface area contributed by atoms with Crippen molar-refractivity contribution in [3.8, 4) is 0 Å². The van der Waals surface area contributed by atoms with Crippen molar-refractivity contribution in [1.82, 2.24) is 4.98 Å². The summed E-state index contributed by atoms with van der Waals surface area (Å²) in [6.07, 6.45) is 1.61. The maximum Gasteiger partial charge on any atom is 0.238 e. The van der Waals surface area contributed by atoms with E-state index in [0.717, 1.165) is 3.57 Å². The van der Waals surface area contributed by atoms with Crippen molar-refractivity contribution in [3.63, 3.8) is 0 Å². The van der Waals surface area contributed by atoms with Gasteiger partial charge in [-0.3, -0.25) is 4.98 Å². The third-order valence-electron chi connectivity index (χ3n) is 2.03. The minimum Gasteiger partial charge on any atom is -0.254 e. The predicted molar refractivity (Wildman–Crippen MR) is 70.8 cm³/mol. The molecular formula is C9H6ClIN2O2S. The summed E-state index contributed by atoms with van der Waals surface area (Å²) in [4.78, 5) is 4.13. The van der Waals surface area contributed by atoms with Crippen molar-refractivity contribution in [3.05, 3.63) is 33.0 Å². The fourth-order valence-corrected chi connectivity index (χ4v) is 2.77. The van der Waals surface area contributed by atoms with E-state index in [1.807, 2.05) is 22.6 Å². The quantitative estimate of drug-likeness (QED) is 0.784. The van der Waals surface area contributed by atoms with Crippen molar-refractivity contribution in [2.75, 3.05) is 0 Å². The maximum atomic E-state index is 11.4. The molecule has 1 aromatic heterocycles. The van der Waals surface area contributed by atoms with E-state index in [0.29, 0.717) is 15.9 Å². The highest BCUT2D eigenvalue weighted by molar-refractivity contribution is 14.1. The molecule has 0 saturated heterocycles. The standard InChI is InChI=1S/C9H6ClIN2O2S/c10-7-1-2-8(16(12,14)15)6-3-5(11)4-13-9(6)7/h1-4H,(H2,12,14,15). The molecule has 84 valence electrons. The molecule has 2 aromatic rings. The van der Waals surface area contributed by atoms with Gasteiger partial charge in [-0.15, -0.1) is 0 Å². The van der Waals surface area contributed by atoms with E-state index in [-0.39, 0.29) is 4.90 Å². The van der Waals surface area contributed by atoms with Gasteiger partial charge in [0, 0.05) is 15.2 Å². The summed E-state index contributed by atoms with van der Waals surface area (Å²) in [5, 5.41) is 5.97. The fourth-order valence-electron chi connectivity index (χ4n) is 1.38. The number of benzene rings is 1. The zero-order chi connectivity index (χ0) is 11.9. The Balaban J connectivity index is 2.98. The van der Waals surface area contributed by atoms with Gasteiger partial charge in [0.25, 0.3) is 0 Å². The summed E-state index contributed by atoms with van der Waals surface area (Å²) in [6.45, 7) is 0. The van der Waals surface area contributed by atoms with Crippen LogP contribution in [-0.2, 0) is 10.0 Å². The van der Waals surface area contributed by atoms with Gasteiger partial charge in [-0.2, -0.15) is 0 Å². The Morgan fingerprint density at radius 3 is 2.69 bits per heavy atom. The Kier molecular flexibility index (Phi) is 3.08. The Bertz CT molecular complexity index is 673. The van der Waals surface area contributed by atoms with Gasteiger partial charge >= 0.3 is 0 Å². The molecule has 0 aliphatic rings. The average molecular weight is 369 g/mol. The highest BCUT2D eigenvalue weighted by Crippen LogP contribution is 2.28. The molecule has 0 bridgehead atoms. The Hall–Kier alpha value is -0.440. The summed E-state index contributed by atoms with van der Waals surface area (Å²) >= 11 is 7.97. The second-order valence-corrected chi connectivity index (χ2v) is 6.32. The predicted octanol–water partition coefficient (Wildman–Crippen LogP) is 2.14. The van der Waals surface area contributed by atoms with E-state index in [9.17, 15) is 8.42 Å². The third-order valence-corrected chi connectivity index (χ3v) is 3.90. The molecule has 0 aliphatic heterocycles. The Labute approximate surface area is 111 Å². The average Bonchev–Trinajstić information content (AvgIpc) is 2.15. The molecule has 16 heavy (non-hydrogen) atoms.